The van der Waals surface area contributed by atoms with Crippen LogP contribution in [0, 0.1) is 0 Å². The van der Waals surface area contributed by atoms with Gasteiger partial charge in [0.25, 0.3) is 0 Å². The van der Waals surface area contributed by atoms with Gasteiger partial charge in [0.1, 0.15) is 0 Å². The molecular formula is C17H29N3. The van der Waals surface area contributed by atoms with E-state index >= 15 is 0 Å². The first kappa shape index (κ1) is 14.1. The van der Waals surface area contributed by atoms with E-state index < -0.39 is 0 Å². The van der Waals surface area contributed by atoms with Crippen LogP contribution in [0.25, 0.3) is 0 Å². The first-order valence-corrected chi connectivity index (χ1v) is 8.51. The number of rotatable bonds is 3. The Morgan fingerprint density at radius 1 is 1.40 bits per heavy atom. The van der Waals surface area contributed by atoms with Gasteiger partial charge in [0, 0.05) is 23.5 Å². The predicted octanol–water partition coefficient (Wildman–Crippen LogP) is 4.02. The maximum absolute atomic E-state index is 4.44. The Morgan fingerprint density at radius 3 is 2.95 bits per heavy atom. The first-order chi connectivity index (χ1) is 9.74. The van der Waals surface area contributed by atoms with Gasteiger partial charge in [-0.1, -0.05) is 33.1 Å². The highest BCUT2D eigenvalue weighted by Gasteiger charge is 2.37. The third-order valence-corrected chi connectivity index (χ3v) is 5.62. The lowest BCUT2D eigenvalue weighted by Gasteiger charge is -2.45. The Kier molecular flexibility index (Phi) is 4.16. The van der Waals surface area contributed by atoms with Crippen LogP contribution in [0.2, 0.25) is 0 Å². The maximum Gasteiger partial charge on any atom is 0.0950 e. The number of aromatic nitrogens is 2. The van der Waals surface area contributed by atoms with Gasteiger partial charge in [0.15, 0.2) is 0 Å². The van der Waals surface area contributed by atoms with Gasteiger partial charge in [-0.25, -0.2) is 4.98 Å². The molecule has 2 aliphatic rings. The zero-order valence-electron chi connectivity index (χ0n) is 13.1. The molecule has 1 N–H and O–H groups in total. The van der Waals surface area contributed by atoms with Crippen molar-refractivity contribution in [1.29, 1.82) is 0 Å². The highest BCUT2D eigenvalue weighted by molar-refractivity contribution is 5.08. The summed E-state index contributed by atoms with van der Waals surface area (Å²) in [6.45, 7) is 5.76. The Hall–Kier alpha value is -0.830. The Bertz CT molecular complexity index is 426. The SMILES string of the molecule is CCC(C)c1cncn1C1CCNC2(CCCCC2)C1. The molecule has 0 aromatic carbocycles. The van der Waals surface area contributed by atoms with E-state index in [4.69, 9.17) is 0 Å². The lowest BCUT2D eigenvalue weighted by atomic mass is 9.74. The summed E-state index contributed by atoms with van der Waals surface area (Å²) < 4.78 is 2.49. The average molecular weight is 275 g/mol. The van der Waals surface area contributed by atoms with E-state index in [2.05, 4.69) is 41.2 Å². The second kappa shape index (κ2) is 5.88. The summed E-state index contributed by atoms with van der Waals surface area (Å²) in [5.74, 6) is 0.620. The van der Waals surface area contributed by atoms with Crippen molar-refractivity contribution in [2.75, 3.05) is 6.54 Å². The van der Waals surface area contributed by atoms with Gasteiger partial charge >= 0.3 is 0 Å². The minimum absolute atomic E-state index is 0.429. The van der Waals surface area contributed by atoms with Crippen molar-refractivity contribution in [3.63, 3.8) is 0 Å². The number of hydrogen-bond donors (Lipinski definition) is 1. The molecule has 2 heterocycles. The summed E-state index contributed by atoms with van der Waals surface area (Å²) >= 11 is 0. The maximum atomic E-state index is 4.44. The van der Waals surface area contributed by atoms with Gasteiger partial charge < -0.3 is 9.88 Å². The minimum Gasteiger partial charge on any atom is -0.331 e. The van der Waals surface area contributed by atoms with Gasteiger partial charge in [0.05, 0.1) is 6.33 Å². The fourth-order valence-electron chi connectivity index (χ4n) is 4.19. The molecule has 1 saturated carbocycles. The highest BCUT2D eigenvalue weighted by Crippen LogP contribution is 2.39. The van der Waals surface area contributed by atoms with Crippen LogP contribution in [0.1, 0.15) is 82.9 Å². The normalized spacial score (nSPS) is 27.6. The van der Waals surface area contributed by atoms with Crippen LogP contribution in [0.4, 0.5) is 0 Å². The minimum atomic E-state index is 0.429. The molecule has 3 heteroatoms. The van der Waals surface area contributed by atoms with E-state index in [-0.39, 0.29) is 0 Å². The summed E-state index contributed by atoms with van der Waals surface area (Å²) in [4.78, 5) is 4.44. The quantitative estimate of drug-likeness (QED) is 0.903. The molecule has 0 bridgehead atoms. The third kappa shape index (κ3) is 2.65. The second-order valence-corrected chi connectivity index (χ2v) is 6.95. The van der Waals surface area contributed by atoms with E-state index in [9.17, 15) is 0 Å². The van der Waals surface area contributed by atoms with Gasteiger partial charge in [-0.3, -0.25) is 0 Å². The van der Waals surface area contributed by atoms with E-state index in [1.165, 1.54) is 63.6 Å². The van der Waals surface area contributed by atoms with E-state index in [1.54, 1.807) is 0 Å². The largest absolute Gasteiger partial charge is 0.331 e. The molecular weight excluding hydrogens is 246 g/mol. The Morgan fingerprint density at radius 2 is 2.20 bits per heavy atom. The number of hydrogen-bond acceptors (Lipinski definition) is 2. The predicted molar refractivity (Wildman–Crippen MR) is 83.0 cm³/mol. The molecule has 3 rings (SSSR count). The summed E-state index contributed by atoms with van der Waals surface area (Å²) in [6.07, 6.45) is 14.9. The Balaban J connectivity index is 1.78. The van der Waals surface area contributed by atoms with Crippen molar-refractivity contribution in [3.05, 3.63) is 18.2 Å². The molecule has 2 atom stereocenters. The van der Waals surface area contributed by atoms with Crippen LogP contribution in [-0.2, 0) is 0 Å². The number of nitrogens with zero attached hydrogens (tertiary/aromatic N) is 2. The molecule has 2 unspecified atom stereocenters. The van der Waals surface area contributed by atoms with Crippen LogP contribution >= 0.6 is 0 Å². The van der Waals surface area contributed by atoms with Crippen molar-refractivity contribution in [2.45, 2.75) is 82.7 Å². The van der Waals surface area contributed by atoms with Crippen LogP contribution in [0.3, 0.4) is 0 Å². The van der Waals surface area contributed by atoms with Crippen LogP contribution in [-0.4, -0.2) is 21.6 Å². The molecule has 0 amide bonds. The van der Waals surface area contributed by atoms with Crippen LogP contribution in [0.5, 0.6) is 0 Å². The summed E-state index contributed by atoms with van der Waals surface area (Å²) in [7, 11) is 0. The van der Waals surface area contributed by atoms with Crippen LogP contribution < -0.4 is 5.32 Å². The van der Waals surface area contributed by atoms with Gasteiger partial charge in [-0.05, 0) is 44.6 Å². The van der Waals surface area contributed by atoms with Gasteiger partial charge in [-0.2, -0.15) is 0 Å². The summed E-state index contributed by atoms with van der Waals surface area (Å²) in [6, 6.07) is 0.654. The van der Waals surface area contributed by atoms with E-state index in [0.29, 0.717) is 17.5 Å². The summed E-state index contributed by atoms with van der Waals surface area (Å²) in [5, 5.41) is 3.86. The number of nitrogens with one attached hydrogen (secondary N) is 1. The molecule has 0 radical (unpaired) electrons. The molecule has 112 valence electrons. The van der Waals surface area contributed by atoms with Crippen molar-refractivity contribution < 1.29 is 0 Å². The van der Waals surface area contributed by atoms with E-state index in [0.717, 1.165) is 0 Å². The number of piperidine rings is 1. The van der Waals surface area contributed by atoms with Crippen LogP contribution in [0.15, 0.2) is 12.5 Å². The third-order valence-electron chi connectivity index (χ3n) is 5.62. The molecule has 2 fully saturated rings. The lowest BCUT2D eigenvalue weighted by molar-refractivity contribution is 0.144. The van der Waals surface area contributed by atoms with Crippen molar-refractivity contribution in [3.8, 4) is 0 Å². The van der Waals surface area contributed by atoms with E-state index in [1.807, 2.05) is 0 Å². The van der Waals surface area contributed by atoms with Crippen molar-refractivity contribution >= 4 is 0 Å². The summed E-state index contributed by atoms with van der Waals surface area (Å²) in [5.41, 5.74) is 1.86. The fourth-order valence-corrected chi connectivity index (χ4v) is 4.19. The van der Waals surface area contributed by atoms with Gasteiger partial charge in [0.2, 0.25) is 0 Å². The molecule has 1 aromatic heterocycles. The molecule has 1 aromatic rings. The number of imidazole rings is 1. The zero-order valence-corrected chi connectivity index (χ0v) is 13.1. The first-order valence-electron chi connectivity index (χ1n) is 8.51. The molecule has 1 aliphatic heterocycles. The van der Waals surface area contributed by atoms with Crippen molar-refractivity contribution in [2.24, 2.45) is 0 Å². The van der Waals surface area contributed by atoms with Gasteiger partial charge in [-0.15, -0.1) is 0 Å². The Labute approximate surface area is 123 Å². The molecule has 20 heavy (non-hydrogen) atoms. The topological polar surface area (TPSA) is 29.9 Å². The molecule has 1 spiro atoms. The highest BCUT2D eigenvalue weighted by atomic mass is 15.1. The monoisotopic (exact) mass is 275 g/mol. The average Bonchev–Trinajstić information content (AvgIpc) is 2.97. The van der Waals surface area contributed by atoms with Crippen molar-refractivity contribution in [1.82, 2.24) is 14.9 Å². The zero-order chi connectivity index (χ0) is 14.0. The standard InChI is InChI=1S/C17H29N3/c1-3-14(2)16-12-18-13-20(16)15-7-10-19-17(11-15)8-5-4-6-9-17/h12-15,19H,3-11H2,1-2H3. The smallest absolute Gasteiger partial charge is 0.0950 e. The molecule has 1 saturated heterocycles. The lowest BCUT2D eigenvalue weighted by Crippen LogP contribution is -2.52. The fraction of sp³-hybridized carbons (Fsp3) is 0.824. The molecule has 1 aliphatic carbocycles. The molecule has 3 nitrogen and oxygen atoms in total. The second-order valence-electron chi connectivity index (χ2n) is 6.95.